The number of benzene rings is 1. The number of halogens is 1. The van der Waals surface area contributed by atoms with E-state index in [1.54, 1.807) is 0 Å². The minimum Gasteiger partial charge on any atom is -0.464 e. The summed E-state index contributed by atoms with van der Waals surface area (Å²) in [6.07, 6.45) is 6.48. The van der Waals surface area contributed by atoms with Crippen LogP contribution >= 0.6 is 11.6 Å². The lowest BCUT2D eigenvalue weighted by Crippen LogP contribution is -2.36. The van der Waals surface area contributed by atoms with E-state index in [2.05, 4.69) is 4.90 Å². The maximum absolute atomic E-state index is 12.8. The summed E-state index contributed by atoms with van der Waals surface area (Å²) in [5, 5.41) is 0.708. The van der Waals surface area contributed by atoms with Crippen molar-refractivity contribution < 1.29 is 9.53 Å². The molecule has 3 nitrogen and oxygen atoms in total. The Labute approximate surface area is 137 Å². The van der Waals surface area contributed by atoms with Crippen molar-refractivity contribution in [2.24, 2.45) is 0 Å². The molecule has 4 heteroatoms. The van der Waals surface area contributed by atoms with E-state index in [1.807, 2.05) is 24.3 Å². The molecular formula is C18H24ClNO2. The molecule has 1 aromatic carbocycles. The lowest BCUT2D eigenvalue weighted by Gasteiger charge is -2.27. The van der Waals surface area contributed by atoms with Gasteiger partial charge in [0.25, 0.3) is 0 Å². The first-order valence-electron chi connectivity index (χ1n) is 8.36. The third kappa shape index (κ3) is 3.31. The first-order valence-corrected chi connectivity index (χ1v) is 8.74. The number of rotatable bonds is 5. The van der Waals surface area contributed by atoms with Crippen molar-refractivity contribution in [1.82, 2.24) is 4.90 Å². The number of hydrogen-bond acceptors (Lipinski definition) is 3. The van der Waals surface area contributed by atoms with Gasteiger partial charge in [-0.15, -0.1) is 0 Å². The predicted molar refractivity (Wildman–Crippen MR) is 88.2 cm³/mol. The molecule has 0 radical (unpaired) electrons. The van der Waals surface area contributed by atoms with E-state index in [9.17, 15) is 4.79 Å². The quantitative estimate of drug-likeness (QED) is 0.773. The molecule has 1 aromatic rings. The summed E-state index contributed by atoms with van der Waals surface area (Å²) < 4.78 is 5.66. The van der Waals surface area contributed by atoms with Crippen LogP contribution in [0.4, 0.5) is 0 Å². The molecule has 0 atom stereocenters. The highest BCUT2D eigenvalue weighted by Gasteiger charge is 2.44. The van der Waals surface area contributed by atoms with Crippen LogP contribution in [-0.2, 0) is 14.9 Å². The third-order valence-corrected chi connectivity index (χ3v) is 5.34. The molecule has 0 unspecified atom stereocenters. The molecule has 0 spiro atoms. The van der Waals surface area contributed by atoms with Gasteiger partial charge >= 0.3 is 5.97 Å². The van der Waals surface area contributed by atoms with Gasteiger partial charge < -0.3 is 4.74 Å². The Morgan fingerprint density at radius 1 is 1.09 bits per heavy atom. The zero-order valence-electron chi connectivity index (χ0n) is 13.0. The minimum atomic E-state index is -0.449. The molecule has 3 rings (SSSR count). The Morgan fingerprint density at radius 3 is 2.36 bits per heavy atom. The number of likely N-dealkylation sites (tertiary alicyclic amines) is 1. The van der Waals surface area contributed by atoms with E-state index in [4.69, 9.17) is 16.3 Å². The number of nitrogens with zero attached hydrogens (tertiary/aromatic N) is 1. The molecule has 22 heavy (non-hydrogen) atoms. The van der Waals surface area contributed by atoms with Gasteiger partial charge in [-0.05, 0) is 56.5 Å². The number of carbonyl (C=O) groups excluding carboxylic acids is 1. The van der Waals surface area contributed by atoms with Crippen LogP contribution in [0.25, 0.3) is 0 Å². The summed E-state index contributed by atoms with van der Waals surface area (Å²) >= 11 is 5.98. The van der Waals surface area contributed by atoms with Crippen LogP contribution < -0.4 is 0 Å². The van der Waals surface area contributed by atoms with E-state index in [-0.39, 0.29) is 5.97 Å². The lowest BCUT2D eigenvalue weighted by molar-refractivity contribution is -0.151. The average molecular weight is 322 g/mol. The van der Waals surface area contributed by atoms with Gasteiger partial charge in [0.1, 0.15) is 6.61 Å². The van der Waals surface area contributed by atoms with Crippen molar-refractivity contribution in [3.63, 3.8) is 0 Å². The smallest absolute Gasteiger partial charge is 0.316 e. The van der Waals surface area contributed by atoms with Crippen LogP contribution in [0.15, 0.2) is 24.3 Å². The zero-order chi connectivity index (χ0) is 15.4. The second kappa shape index (κ2) is 7.01. The fraction of sp³-hybridized carbons (Fsp3) is 0.611. The summed E-state index contributed by atoms with van der Waals surface area (Å²) in [7, 11) is 0. The number of hydrogen-bond donors (Lipinski definition) is 0. The van der Waals surface area contributed by atoms with Crippen molar-refractivity contribution in [3.05, 3.63) is 34.9 Å². The summed E-state index contributed by atoms with van der Waals surface area (Å²) in [4.78, 5) is 15.1. The van der Waals surface area contributed by atoms with Crippen LogP contribution in [0.5, 0.6) is 0 Å². The van der Waals surface area contributed by atoms with Crippen molar-refractivity contribution in [2.45, 2.75) is 43.9 Å². The molecule has 0 bridgehead atoms. The van der Waals surface area contributed by atoms with Crippen LogP contribution in [0.3, 0.4) is 0 Å². The maximum atomic E-state index is 12.8. The topological polar surface area (TPSA) is 29.5 Å². The summed E-state index contributed by atoms with van der Waals surface area (Å²) in [6.45, 7) is 3.65. The molecule has 120 valence electrons. The maximum Gasteiger partial charge on any atom is 0.316 e. The molecule has 2 aliphatic rings. The zero-order valence-corrected chi connectivity index (χ0v) is 13.8. The number of carbonyl (C=O) groups is 1. The van der Waals surface area contributed by atoms with Gasteiger partial charge in [0.15, 0.2) is 0 Å². The third-order valence-electron chi connectivity index (χ3n) is 5.08. The van der Waals surface area contributed by atoms with E-state index in [0.717, 1.165) is 50.9 Å². The Hall–Kier alpha value is -1.06. The second-order valence-electron chi connectivity index (χ2n) is 6.48. The van der Waals surface area contributed by atoms with Crippen molar-refractivity contribution in [1.29, 1.82) is 0 Å². The highest BCUT2D eigenvalue weighted by molar-refractivity contribution is 6.30. The van der Waals surface area contributed by atoms with Gasteiger partial charge in [-0.3, -0.25) is 9.69 Å². The fourth-order valence-electron chi connectivity index (χ4n) is 3.77. The highest BCUT2D eigenvalue weighted by atomic mass is 35.5. The normalized spacial score (nSPS) is 21.1. The van der Waals surface area contributed by atoms with Crippen LogP contribution in [0.1, 0.15) is 44.1 Å². The lowest BCUT2D eigenvalue weighted by atomic mass is 9.79. The van der Waals surface area contributed by atoms with Crippen LogP contribution in [0.2, 0.25) is 5.02 Å². The Bertz CT molecular complexity index is 502. The van der Waals surface area contributed by atoms with E-state index in [1.165, 1.54) is 12.8 Å². The molecular weight excluding hydrogens is 298 g/mol. The first-order chi connectivity index (χ1) is 10.7. The molecule has 2 fully saturated rings. The Kier molecular flexibility index (Phi) is 5.04. The van der Waals surface area contributed by atoms with Crippen molar-refractivity contribution >= 4 is 17.6 Å². The monoisotopic (exact) mass is 321 g/mol. The van der Waals surface area contributed by atoms with Crippen LogP contribution in [-0.4, -0.2) is 37.1 Å². The molecule has 1 aliphatic heterocycles. The van der Waals surface area contributed by atoms with Crippen molar-refractivity contribution in [2.75, 3.05) is 26.2 Å². The second-order valence-corrected chi connectivity index (χ2v) is 6.92. The van der Waals surface area contributed by atoms with E-state index in [0.29, 0.717) is 11.6 Å². The summed E-state index contributed by atoms with van der Waals surface area (Å²) in [5.74, 6) is -0.0495. The first kappa shape index (κ1) is 15.8. The average Bonchev–Trinajstić information content (AvgIpc) is 3.20. The van der Waals surface area contributed by atoms with Gasteiger partial charge in [0.05, 0.1) is 5.41 Å². The Morgan fingerprint density at radius 2 is 1.73 bits per heavy atom. The van der Waals surface area contributed by atoms with Gasteiger partial charge in [0, 0.05) is 11.6 Å². The molecule has 1 saturated carbocycles. The van der Waals surface area contributed by atoms with E-state index >= 15 is 0 Å². The van der Waals surface area contributed by atoms with Crippen LogP contribution in [0, 0.1) is 0 Å². The molecule has 1 aliphatic carbocycles. The number of esters is 1. The summed E-state index contributed by atoms with van der Waals surface area (Å²) in [6, 6.07) is 7.70. The van der Waals surface area contributed by atoms with Gasteiger partial charge in [-0.1, -0.05) is 36.6 Å². The minimum absolute atomic E-state index is 0.0495. The predicted octanol–water partition coefficient (Wildman–Crippen LogP) is 3.79. The molecule has 0 N–H and O–H groups in total. The molecule has 1 heterocycles. The van der Waals surface area contributed by atoms with Gasteiger partial charge in [-0.25, -0.2) is 0 Å². The molecule has 1 saturated heterocycles. The highest BCUT2D eigenvalue weighted by Crippen LogP contribution is 2.42. The number of ether oxygens (including phenoxy) is 1. The molecule has 0 amide bonds. The summed E-state index contributed by atoms with van der Waals surface area (Å²) in [5.41, 5.74) is 0.607. The van der Waals surface area contributed by atoms with E-state index < -0.39 is 5.41 Å². The SMILES string of the molecule is O=C(OCCN1CCCC1)C1(c2ccc(Cl)cc2)CCCC1. The fourth-order valence-corrected chi connectivity index (χ4v) is 3.90. The van der Waals surface area contributed by atoms with Gasteiger partial charge in [-0.2, -0.15) is 0 Å². The van der Waals surface area contributed by atoms with Gasteiger partial charge in [0.2, 0.25) is 0 Å². The molecule has 0 aromatic heterocycles. The largest absolute Gasteiger partial charge is 0.464 e. The Balaban J connectivity index is 1.64. The van der Waals surface area contributed by atoms with Crippen molar-refractivity contribution in [3.8, 4) is 0 Å². The standard InChI is InChI=1S/C18H24ClNO2/c19-16-7-5-15(6-8-16)18(9-1-2-10-18)17(21)22-14-13-20-11-3-4-12-20/h5-8H,1-4,9-14H2.